The Labute approximate surface area is 189 Å². The Hall–Kier alpha value is -3.89. The van der Waals surface area contributed by atoms with Crippen LogP contribution in [0.2, 0.25) is 0 Å². The summed E-state index contributed by atoms with van der Waals surface area (Å²) >= 11 is 0. The maximum Gasteiger partial charge on any atom is 0.433 e. The van der Waals surface area contributed by atoms with E-state index >= 15 is 0 Å². The molecule has 2 aliphatic rings. The lowest BCUT2D eigenvalue weighted by Gasteiger charge is -2.32. The van der Waals surface area contributed by atoms with Crippen molar-refractivity contribution < 1.29 is 31.1 Å². The molecule has 0 saturated heterocycles. The number of nitrogens with zero attached hydrogens (tertiary/aromatic N) is 3. The fourth-order valence-electron chi connectivity index (χ4n) is 3.38. The number of rotatable bonds is 2. The third-order valence-corrected chi connectivity index (χ3v) is 5.08. The maximum atomic E-state index is 12.9. The molecule has 34 heavy (non-hydrogen) atoms. The number of nitrogens with one attached hydrogen (secondary N) is 1. The smallest absolute Gasteiger partial charge is 0.360 e. The van der Waals surface area contributed by atoms with Crippen molar-refractivity contribution in [3.8, 4) is 0 Å². The zero-order valence-corrected chi connectivity index (χ0v) is 17.4. The molecule has 176 valence electrons. The average Bonchev–Trinajstić information content (AvgIpc) is 2.76. The summed E-state index contributed by atoms with van der Waals surface area (Å²) in [5.41, 5.74) is 0.0753. The molecule has 1 aromatic heterocycles. The highest BCUT2D eigenvalue weighted by molar-refractivity contribution is 6.01. The van der Waals surface area contributed by atoms with E-state index in [1.54, 1.807) is 25.2 Å². The van der Waals surface area contributed by atoms with Crippen LogP contribution in [0, 0.1) is 0 Å². The van der Waals surface area contributed by atoms with Gasteiger partial charge in [-0.15, -0.1) is 0 Å². The Bertz CT molecular complexity index is 1220. The van der Waals surface area contributed by atoms with Gasteiger partial charge in [0.15, 0.2) is 0 Å². The van der Waals surface area contributed by atoms with Gasteiger partial charge in [0.25, 0.3) is 5.91 Å². The molecule has 0 fully saturated rings. The van der Waals surface area contributed by atoms with Gasteiger partial charge < -0.3 is 5.32 Å². The number of hydrogen-bond acceptors (Lipinski definition) is 4. The minimum absolute atomic E-state index is 0.230. The summed E-state index contributed by atoms with van der Waals surface area (Å²) in [7, 11) is 0. The molecule has 2 aromatic rings. The lowest BCUT2D eigenvalue weighted by Crippen LogP contribution is -2.48. The zero-order chi connectivity index (χ0) is 24.7. The van der Waals surface area contributed by atoms with Crippen molar-refractivity contribution in [2.24, 2.45) is 5.10 Å². The summed E-state index contributed by atoms with van der Waals surface area (Å²) in [4.78, 5) is 16.2. The number of benzene rings is 1. The van der Waals surface area contributed by atoms with Crippen LogP contribution < -0.4 is 5.32 Å². The molecule has 0 spiro atoms. The van der Waals surface area contributed by atoms with Gasteiger partial charge in [0.2, 0.25) is 0 Å². The largest absolute Gasteiger partial charge is 0.433 e. The van der Waals surface area contributed by atoms with Gasteiger partial charge in [0.1, 0.15) is 11.9 Å². The number of amides is 1. The molecule has 11 heteroatoms. The average molecular weight is 478 g/mol. The van der Waals surface area contributed by atoms with E-state index in [4.69, 9.17) is 0 Å². The lowest BCUT2D eigenvalue weighted by molar-refractivity contribution is -0.141. The molecule has 1 N–H and O–H groups in total. The minimum atomic E-state index is -4.60. The van der Waals surface area contributed by atoms with Crippen LogP contribution in [-0.2, 0) is 17.1 Å². The van der Waals surface area contributed by atoms with Crippen LogP contribution in [0.1, 0.15) is 29.3 Å². The zero-order valence-electron chi connectivity index (χ0n) is 17.4. The molecular weight excluding hydrogens is 462 g/mol. The second-order valence-corrected chi connectivity index (χ2v) is 7.53. The van der Waals surface area contributed by atoms with Crippen molar-refractivity contribution in [3.05, 3.63) is 89.3 Å². The van der Waals surface area contributed by atoms with Gasteiger partial charge in [0, 0.05) is 17.8 Å². The number of carbonyl (C=O) groups excluding carboxylic acids is 1. The summed E-state index contributed by atoms with van der Waals surface area (Å²) < 4.78 is 77.2. The standard InChI is InChI=1S/C23H16F6N4O/c1-13-2-3-15(14-4-7-17(8-5-14)22(24,25)26)10-20-31-18(11-21(34)33(20)32-13)16-6-9-19(30-12-16)23(27,28)29/h2-12,20,31H,1H3. The van der Waals surface area contributed by atoms with Crippen molar-refractivity contribution in [1.29, 1.82) is 0 Å². The number of alkyl halides is 6. The highest BCUT2D eigenvalue weighted by Gasteiger charge is 2.33. The molecular formula is C23H16F6N4O. The fraction of sp³-hybridized carbons (Fsp3) is 0.174. The van der Waals surface area contributed by atoms with Gasteiger partial charge in [-0.3, -0.25) is 9.78 Å². The first-order valence-electron chi connectivity index (χ1n) is 9.89. The lowest BCUT2D eigenvalue weighted by atomic mass is 10.0. The monoisotopic (exact) mass is 478 g/mol. The Balaban J connectivity index is 1.69. The van der Waals surface area contributed by atoms with E-state index < -0.39 is 35.7 Å². The molecule has 0 bridgehead atoms. The molecule has 0 saturated carbocycles. The van der Waals surface area contributed by atoms with Gasteiger partial charge in [-0.25, -0.2) is 5.01 Å². The summed E-state index contributed by atoms with van der Waals surface area (Å²) in [6.07, 6.45) is -2.87. The summed E-state index contributed by atoms with van der Waals surface area (Å²) in [5, 5.41) is 8.41. The second-order valence-electron chi connectivity index (χ2n) is 7.53. The van der Waals surface area contributed by atoms with Crippen LogP contribution in [-0.4, -0.2) is 27.8 Å². The number of halogens is 6. The Kier molecular flexibility index (Phi) is 5.80. The molecule has 5 nitrogen and oxygen atoms in total. The second kappa shape index (κ2) is 8.47. The molecule has 2 aliphatic heterocycles. The van der Waals surface area contributed by atoms with Crippen LogP contribution in [0.3, 0.4) is 0 Å². The van der Waals surface area contributed by atoms with Crippen LogP contribution in [0.15, 0.2) is 72.0 Å². The minimum Gasteiger partial charge on any atom is -0.360 e. The quantitative estimate of drug-likeness (QED) is 0.601. The Morgan fingerprint density at radius 2 is 1.59 bits per heavy atom. The molecule has 1 unspecified atom stereocenters. The third-order valence-electron chi connectivity index (χ3n) is 5.08. The van der Waals surface area contributed by atoms with Crippen LogP contribution in [0.25, 0.3) is 11.3 Å². The van der Waals surface area contributed by atoms with Crippen LogP contribution >= 0.6 is 0 Å². The fourth-order valence-corrected chi connectivity index (χ4v) is 3.38. The van der Waals surface area contributed by atoms with Gasteiger partial charge in [0.05, 0.1) is 17.0 Å². The molecule has 1 atom stereocenters. The van der Waals surface area contributed by atoms with Gasteiger partial charge in [-0.1, -0.05) is 18.2 Å². The predicted molar refractivity (Wildman–Crippen MR) is 113 cm³/mol. The molecule has 3 heterocycles. The first-order chi connectivity index (χ1) is 15.9. The highest BCUT2D eigenvalue weighted by atomic mass is 19.4. The molecule has 4 rings (SSSR count). The van der Waals surface area contributed by atoms with E-state index in [9.17, 15) is 31.1 Å². The Morgan fingerprint density at radius 1 is 0.912 bits per heavy atom. The van der Waals surface area contributed by atoms with Crippen molar-refractivity contribution in [2.75, 3.05) is 0 Å². The van der Waals surface area contributed by atoms with Crippen molar-refractivity contribution >= 4 is 22.9 Å². The molecule has 0 radical (unpaired) electrons. The topological polar surface area (TPSA) is 57.6 Å². The van der Waals surface area contributed by atoms with E-state index in [2.05, 4.69) is 15.4 Å². The van der Waals surface area contributed by atoms with Gasteiger partial charge >= 0.3 is 12.4 Å². The number of carbonyl (C=O) groups is 1. The van der Waals surface area contributed by atoms with Crippen molar-refractivity contribution in [3.63, 3.8) is 0 Å². The van der Waals surface area contributed by atoms with Gasteiger partial charge in [-0.05, 0) is 54.5 Å². The first kappa shape index (κ1) is 23.3. The Morgan fingerprint density at radius 3 is 2.18 bits per heavy atom. The van der Waals surface area contributed by atoms with Gasteiger partial charge in [-0.2, -0.15) is 31.4 Å². The normalized spacial score (nSPS) is 18.8. The summed E-state index contributed by atoms with van der Waals surface area (Å²) in [6.45, 7) is 1.65. The van der Waals surface area contributed by atoms with E-state index in [1.807, 2.05) is 0 Å². The van der Waals surface area contributed by atoms with Crippen molar-refractivity contribution in [1.82, 2.24) is 15.3 Å². The summed E-state index contributed by atoms with van der Waals surface area (Å²) in [5.74, 6) is -0.531. The maximum absolute atomic E-state index is 12.9. The van der Waals surface area contributed by atoms with Crippen LogP contribution in [0.5, 0.6) is 0 Å². The molecule has 1 aromatic carbocycles. The number of hydrazone groups is 1. The summed E-state index contributed by atoms with van der Waals surface area (Å²) in [6, 6.07) is 6.55. The van der Waals surface area contributed by atoms with E-state index in [1.165, 1.54) is 24.3 Å². The van der Waals surface area contributed by atoms with Crippen LogP contribution in [0.4, 0.5) is 26.3 Å². The number of hydrogen-bond donors (Lipinski definition) is 1. The molecule has 1 amide bonds. The third kappa shape index (κ3) is 4.87. The molecule has 0 aliphatic carbocycles. The number of allylic oxidation sites excluding steroid dienone is 3. The van der Waals surface area contributed by atoms with E-state index in [0.717, 1.165) is 29.4 Å². The number of pyridine rings is 1. The van der Waals surface area contributed by atoms with E-state index in [0.29, 0.717) is 16.8 Å². The van der Waals surface area contributed by atoms with E-state index in [-0.39, 0.29) is 11.3 Å². The highest BCUT2D eigenvalue weighted by Crippen LogP contribution is 2.32. The predicted octanol–water partition coefficient (Wildman–Crippen LogP) is 5.25. The van der Waals surface area contributed by atoms with Crippen molar-refractivity contribution in [2.45, 2.75) is 25.4 Å². The number of aromatic nitrogens is 1. The number of fused-ring (bicyclic) bond motifs is 1. The first-order valence-corrected chi connectivity index (χ1v) is 9.89. The SMILES string of the molecule is CC1=NN2C(=O)C=C(c3ccc(C(F)(F)F)nc3)NC2C=C(c2ccc(C(F)(F)F)cc2)C=C1.